The summed E-state index contributed by atoms with van der Waals surface area (Å²) in [4.78, 5) is 34.1. The number of rotatable bonds is 10. The van der Waals surface area contributed by atoms with Crippen LogP contribution < -0.4 is 0 Å². The Balaban J connectivity index is 1.50. The SMILES string of the molecule is COC(=O)CCCCC(C)[C@H]1CC[C@H]2[C@@H]3CCC4CC(OC=O)CC[C@]4(C)[C@H]3CC(OC=O)[C@]12C. The van der Waals surface area contributed by atoms with Gasteiger partial charge in [0.25, 0.3) is 12.9 Å². The normalized spacial score (nSPS) is 43.1. The zero-order valence-electron chi connectivity index (χ0n) is 22.2. The summed E-state index contributed by atoms with van der Waals surface area (Å²) in [5.74, 6) is 3.38. The van der Waals surface area contributed by atoms with Crippen LogP contribution in [0.5, 0.6) is 0 Å². The molecule has 0 bridgehead atoms. The van der Waals surface area contributed by atoms with E-state index in [9.17, 15) is 14.4 Å². The lowest BCUT2D eigenvalue weighted by Gasteiger charge is -2.62. The Morgan fingerprint density at radius 1 is 0.971 bits per heavy atom. The highest BCUT2D eigenvalue weighted by atomic mass is 16.5. The second-order valence-electron chi connectivity index (χ2n) is 12.6. The molecule has 0 heterocycles. The molecule has 4 aliphatic carbocycles. The molecule has 0 amide bonds. The number of unbranched alkanes of at least 4 members (excludes halogenated alkanes) is 1. The van der Waals surface area contributed by atoms with Gasteiger partial charge in [-0.05, 0) is 98.7 Å². The number of hydrogen-bond donors (Lipinski definition) is 0. The molecular weight excluding hydrogens is 444 g/mol. The minimum absolute atomic E-state index is 0.0187. The lowest BCUT2D eigenvalue weighted by atomic mass is 9.43. The van der Waals surface area contributed by atoms with Crippen LogP contribution in [0.1, 0.15) is 97.8 Å². The number of esters is 1. The van der Waals surface area contributed by atoms with Gasteiger partial charge >= 0.3 is 5.97 Å². The van der Waals surface area contributed by atoms with Crippen LogP contribution in [-0.4, -0.2) is 38.2 Å². The third kappa shape index (κ3) is 4.75. The third-order valence-electron chi connectivity index (χ3n) is 11.4. The van der Waals surface area contributed by atoms with Gasteiger partial charge < -0.3 is 14.2 Å². The van der Waals surface area contributed by atoms with Gasteiger partial charge in [0, 0.05) is 11.8 Å². The smallest absolute Gasteiger partial charge is 0.305 e. The van der Waals surface area contributed by atoms with Crippen LogP contribution in [0.15, 0.2) is 0 Å². The van der Waals surface area contributed by atoms with Crippen LogP contribution in [-0.2, 0) is 28.6 Å². The third-order valence-corrected chi connectivity index (χ3v) is 11.4. The second kappa shape index (κ2) is 10.8. The zero-order chi connectivity index (χ0) is 25.2. The fraction of sp³-hybridized carbons (Fsp3) is 0.897. The van der Waals surface area contributed by atoms with Crippen LogP contribution in [0.4, 0.5) is 0 Å². The Kier molecular flexibility index (Phi) is 8.17. The Morgan fingerprint density at radius 2 is 1.74 bits per heavy atom. The number of carbonyl (C=O) groups excluding carboxylic acids is 3. The first-order chi connectivity index (χ1) is 16.8. The van der Waals surface area contributed by atoms with Crippen molar-refractivity contribution >= 4 is 18.9 Å². The molecule has 0 radical (unpaired) electrons. The molecule has 4 rings (SSSR count). The van der Waals surface area contributed by atoms with E-state index in [-0.39, 0.29) is 29.0 Å². The number of fused-ring (bicyclic) bond motifs is 5. The number of ether oxygens (including phenoxy) is 3. The summed E-state index contributed by atoms with van der Waals surface area (Å²) in [6.07, 6.45) is 12.4. The Hall–Kier alpha value is -1.59. The summed E-state index contributed by atoms with van der Waals surface area (Å²) >= 11 is 0. The molecule has 0 aliphatic heterocycles. The van der Waals surface area contributed by atoms with Gasteiger partial charge in [-0.3, -0.25) is 14.4 Å². The first-order valence-corrected chi connectivity index (χ1v) is 14.0. The number of hydrogen-bond acceptors (Lipinski definition) is 6. The second-order valence-corrected chi connectivity index (χ2v) is 12.6. The summed E-state index contributed by atoms with van der Waals surface area (Å²) in [6, 6.07) is 0. The fourth-order valence-electron chi connectivity index (χ4n) is 9.63. The molecule has 0 aromatic heterocycles. The number of methoxy groups -OCH3 is 1. The Bertz CT molecular complexity index is 768. The molecule has 6 heteroatoms. The maximum absolute atomic E-state index is 11.7. The molecule has 4 aliphatic rings. The van der Waals surface area contributed by atoms with E-state index in [1.807, 2.05) is 0 Å². The highest BCUT2D eigenvalue weighted by Crippen LogP contribution is 2.69. The van der Waals surface area contributed by atoms with E-state index in [0.29, 0.717) is 54.9 Å². The van der Waals surface area contributed by atoms with Crippen molar-refractivity contribution in [1.82, 2.24) is 0 Å². The van der Waals surface area contributed by atoms with Crippen molar-refractivity contribution in [2.24, 2.45) is 46.3 Å². The maximum Gasteiger partial charge on any atom is 0.305 e. The van der Waals surface area contributed by atoms with Crippen molar-refractivity contribution in [3.63, 3.8) is 0 Å². The van der Waals surface area contributed by atoms with E-state index in [1.54, 1.807) is 0 Å². The molecule has 35 heavy (non-hydrogen) atoms. The molecular formula is C29H46O6. The van der Waals surface area contributed by atoms with Crippen molar-refractivity contribution in [3.05, 3.63) is 0 Å². The van der Waals surface area contributed by atoms with Gasteiger partial charge in [-0.15, -0.1) is 0 Å². The standard InChI is InChI=1S/C29H46O6/c1-19(7-5-6-8-27(32)33-4)23-11-12-24-22-10-9-20-15-21(34-17-30)13-14-28(20,2)25(22)16-26(35-18-31)29(23,24)3/h17-26H,5-16H2,1-4H3/t19?,20?,21?,22-,23+,24-,25-,26?,28-,29+/m0/s1. The number of carbonyl (C=O) groups is 3. The molecule has 4 fully saturated rings. The highest BCUT2D eigenvalue weighted by molar-refractivity contribution is 5.68. The topological polar surface area (TPSA) is 78.9 Å². The first kappa shape index (κ1) is 26.5. The van der Waals surface area contributed by atoms with Gasteiger partial charge in [0.2, 0.25) is 0 Å². The van der Waals surface area contributed by atoms with Gasteiger partial charge in [0.05, 0.1) is 7.11 Å². The van der Waals surface area contributed by atoms with Crippen LogP contribution in [0.25, 0.3) is 0 Å². The molecule has 4 unspecified atom stereocenters. The predicted octanol–water partition coefficient (Wildman–Crippen LogP) is 5.71. The summed E-state index contributed by atoms with van der Waals surface area (Å²) < 4.78 is 16.1. The minimum Gasteiger partial charge on any atom is -0.469 e. The van der Waals surface area contributed by atoms with E-state index in [0.717, 1.165) is 44.9 Å². The molecule has 10 atom stereocenters. The van der Waals surface area contributed by atoms with E-state index >= 15 is 0 Å². The minimum atomic E-state index is -0.126. The lowest BCUT2D eigenvalue weighted by molar-refractivity contribution is -0.190. The van der Waals surface area contributed by atoms with E-state index in [2.05, 4.69) is 20.8 Å². The van der Waals surface area contributed by atoms with E-state index in [4.69, 9.17) is 14.2 Å². The van der Waals surface area contributed by atoms with Gasteiger partial charge in [0.1, 0.15) is 12.2 Å². The first-order valence-electron chi connectivity index (χ1n) is 14.0. The van der Waals surface area contributed by atoms with E-state index < -0.39 is 0 Å². The summed E-state index contributed by atoms with van der Waals surface area (Å²) in [5, 5.41) is 0. The van der Waals surface area contributed by atoms with Gasteiger partial charge in [-0.25, -0.2) is 0 Å². The molecule has 0 aromatic rings. The Labute approximate surface area is 211 Å². The van der Waals surface area contributed by atoms with Crippen molar-refractivity contribution in [2.75, 3.05) is 7.11 Å². The molecule has 0 spiro atoms. The van der Waals surface area contributed by atoms with E-state index in [1.165, 1.54) is 32.8 Å². The Morgan fingerprint density at radius 3 is 2.46 bits per heavy atom. The van der Waals surface area contributed by atoms with Crippen molar-refractivity contribution in [1.29, 1.82) is 0 Å². The van der Waals surface area contributed by atoms with Crippen LogP contribution >= 0.6 is 0 Å². The van der Waals surface area contributed by atoms with Crippen molar-refractivity contribution in [3.8, 4) is 0 Å². The van der Waals surface area contributed by atoms with Crippen molar-refractivity contribution < 1.29 is 28.6 Å². The predicted molar refractivity (Wildman–Crippen MR) is 132 cm³/mol. The summed E-state index contributed by atoms with van der Waals surface area (Å²) in [7, 11) is 1.45. The van der Waals surface area contributed by atoms with Crippen LogP contribution in [0.2, 0.25) is 0 Å². The highest BCUT2D eigenvalue weighted by Gasteiger charge is 2.64. The molecule has 198 valence electrons. The largest absolute Gasteiger partial charge is 0.469 e. The average Bonchev–Trinajstić information content (AvgIpc) is 3.21. The molecule has 6 nitrogen and oxygen atoms in total. The quantitative estimate of drug-likeness (QED) is 0.169. The fourth-order valence-corrected chi connectivity index (χ4v) is 9.63. The summed E-state index contributed by atoms with van der Waals surface area (Å²) in [5.41, 5.74) is 0.250. The zero-order valence-corrected chi connectivity index (χ0v) is 22.2. The molecule has 4 saturated carbocycles. The molecule has 0 saturated heterocycles. The molecule has 0 aromatic carbocycles. The van der Waals surface area contributed by atoms with Gasteiger partial charge in [-0.1, -0.05) is 33.6 Å². The summed E-state index contributed by atoms with van der Waals surface area (Å²) in [6.45, 7) is 8.58. The van der Waals surface area contributed by atoms with Gasteiger partial charge in [-0.2, -0.15) is 0 Å². The monoisotopic (exact) mass is 490 g/mol. The van der Waals surface area contributed by atoms with Crippen molar-refractivity contribution in [2.45, 2.75) is 110 Å². The lowest BCUT2D eigenvalue weighted by Crippen LogP contribution is -2.59. The van der Waals surface area contributed by atoms with Crippen LogP contribution in [0, 0.1) is 46.3 Å². The average molecular weight is 491 g/mol. The van der Waals surface area contributed by atoms with Crippen LogP contribution in [0.3, 0.4) is 0 Å². The maximum atomic E-state index is 11.7. The van der Waals surface area contributed by atoms with Gasteiger partial charge in [0.15, 0.2) is 0 Å². The molecule has 0 N–H and O–H groups in total.